The predicted molar refractivity (Wildman–Crippen MR) is 98.5 cm³/mol. The van der Waals surface area contributed by atoms with Gasteiger partial charge >= 0.3 is 0 Å². The first-order chi connectivity index (χ1) is 11.8. The van der Waals surface area contributed by atoms with Gasteiger partial charge in [0.1, 0.15) is 18.3 Å². The van der Waals surface area contributed by atoms with Crippen molar-refractivity contribution in [2.75, 3.05) is 0 Å². The van der Waals surface area contributed by atoms with Gasteiger partial charge in [-0.3, -0.25) is 0 Å². The quantitative estimate of drug-likeness (QED) is 0.653. The largest absolute Gasteiger partial charge is 0.368 e. The van der Waals surface area contributed by atoms with Crippen molar-refractivity contribution in [2.45, 2.75) is 56.3 Å². The Balaban J connectivity index is 1.57. The first-order valence-electron chi connectivity index (χ1n) is 8.38. The number of rotatable bonds is 5. The van der Waals surface area contributed by atoms with E-state index in [1.54, 1.807) is 11.3 Å². The minimum Gasteiger partial charge on any atom is -0.368 e. The summed E-state index contributed by atoms with van der Waals surface area (Å²) in [5, 5.41) is 5.05. The Morgan fingerprint density at radius 2 is 2.25 bits per heavy atom. The molecule has 5 heteroatoms. The van der Waals surface area contributed by atoms with Crippen LogP contribution in [0.4, 0.5) is 0 Å². The fourth-order valence-electron chi connectivity index (χ4n) is 3.66. The normalized spacial score (nSPS) is 28.6. The molecule has 4 atom stereocenters. The zero-order chi connectivity index (χ0) is 16.5. The van der Waals surface area contributed by atoms with Gasteiger partial charge in [0, 0.05) is 5.33 Å². The van der Waals surface area contributed by atoms with Crippen molar-refractivity contribution in [1.29, 1.82) is 0 Å². The fraction of sp³-hybridized carbons (Fsp3) is 0.474. The summed E-state index contributed by atoms with van der Waals surface area (Å²) >= 11 is 5.27. The van der Waals surface area contributed by atoms with Gasteiger partial charge in [0.25, 0.3) is 0 Å². The van der Waals surface area contributed by atoms with Crippen LogP contribution >= 0.6 is 27.3 Å². The Labute approximate surface area is 155 Å². The van der Waals surface area contributed by atoms with E-state index < -0.39 is 0 Å². The summed E-state index contributed by atoms with van der Waals surface area (Å²) in [5.41, 5.74) is 5.04. The third kappa shape index (κ3) is 2.97. The van der Waals surface area contributed by atoms with Crippen molar-refractivity contribution in [3.05, 3.63) is 57.3 Å². The SMILES string of the molecule is CC[C@H]1O[C@@H]2c3cccc(CBr)c3CO[C@@H]2[C@H]1OCc1ccsc1. The number of ether oxygens (including phenoxy) is 3. The van der Waals surface area contributed by atoms with Crippen LogP contribution in [0, 0.1) is 0 Å². The molecular weight excluding hydrogens is 388 g/mol. The zero-order valence-electron chi connectivity index (χ0n) is 13.6. The Bertz CT molecular complexity index is 688. The molecule has 3 heterocycles. The number of fused-ring (bicyclic) bond motifs is 3. The summed E-state index contributed by atoms with van der Waals surface area (Å²) in [5.74, 6) is 0. The molecule has 2 aliphatic heterocycles. The van der Waals surface area contributed by atoms with Crippen LogP contribution in [0.2, 0.25) is 0 Å². The van der Waals surface area contributed by atoms with Crippen LogP contribution in [0.1, 0.15) is 41.7 Å². The molecule has 1 fully saturated rings. The number of alkyl halides is 1. The molecule has 1 aromatic heterocycles. The molecule has 0 radical (unpaired) electrons. The molecule has 0 bridgehead atoms. The Kier molecular flexibility index (Phi) is 5.06. The third-order valence-corrected chi connectivity index (χ3v) is 6.25. The molecule has 24 heavy (non-hydrogen) atoms. The van der Waals surface area contributed by atoms with Gasteiger partial charge in [0.05, 0.1) is 19.3 Å². The van der Waals surface area contributed by atoms with Gasteiger partial charge in [0.2, 0.25) is 0 Å². The first kappa shape index (κ1) is 16.7. The van der Waals surface area contributed by atoms with Crippen LogP contribution in [-0.4, -0.2) is 18.3 Å². The van der Waals surface area contributed by atoms with Crippen molar-refractivity contribution >= 4 is 27.3 Å². The molecule has 2 aromatic rings. The van der Waals surface area contributed by atoms with Gasteiger partial charge in [-0.1, -0.05) is 41.1 Å². The Morgan fingerprint density at radius 3 is 3.00 bits per heavy atom. The monoisotopic (exact) mass is 408 g/mol. The van der Waals surface area contributed by atoms with Gasteiger partial charge in [-0.05, 0) is 45.5 Å². The van der Waals surface area contributed by atoms with Gasteiger partial charge in [0.15, 0.2) is 0 Å². The molecule has 4 rings (SSSR count). The summed E-state index contributed by atoms with van der Waals surface area (Å²) in [6.45, 7) is 3.41. The van der Waals surface area contributed by atoms with Crippen LogP contribution < -0.4 is 0 Å². The smallest absolute Gasteiger partial charge is 0.117 e. The zero-order valence-corrected chi connectivity index (χ0v) is 16.0. The highest BCUT2D eigenvalue weighted by Crippen LogP contribution is 2.44. The van der Waals surface area contributed by atoms with Crippen LogP contribution in [0.15, 0.2) is 35.0 Å². The molecule has 0 aliphatic carbocycles. The summed E-state index contributed by atoms with van der Waals surface area (Å²) in [6.07, 6.45) is 0.952. The molecule has 0 saturated carbocycles. The highest BCUT2D eigenvalue weighted by Gasteiger charge is 2.48. The Hall–Kier alpha value is -0.720. The second-order valence-corrected chi connectivity index (χ2v) is 7.65. The number of hydrogen-bond donors (Lipinski definition) is 0. The maximum Gasteiger partial charge on any atom is 0.117 e. The number of thiophene rings is 1. The molecule has 1 aromatic carbocycles. The van der Waals surface area contributed by atoms with Crippen molar-refractivity contribution in [2.24, 2.45) is 0 Å². The topological polar surface area (TPSA) is 27.7 Å². The fourth-order valence-corrected chi connectivity index (χ4v) is 4.84. The molecule has 2 aliphatic rings. The van der Waals surface area contributed by atoms with Gasteiger partial charge in [-0.2, -0.15) is 11.3 Å². The predicted octanol–water partition coefficient (Wildman–Crippen LogP) is 4.98. The van der Waals surface area contributed by atoms with E-state index in [1.807, 2.05) is 0 Å². The minimum atomic E-state index is -0.0230. The molecular formula is C19H21BrO3S. The van der Waals surface area contributed by atoms with Gasteiger partial charge < -0.3 is 14.2 Å². The van der Waals surface area contributed by atoms with Crippen LogP contribution in [0.25, 0.3) is 0 Å². The molecule has 0 unspecified atom stereocenters. The van der Waals surface area contributed by atoms with E-state index in [-0.39, 0.29) is 24.4 Å². The first-order valence-corrected chi connectivity index (χ1v) is 10.4. The van der Waals surface area contributed by atoms with Crippen molar-refractivity contribution < 1.29 is 14.2 Å². The number of benzene rings is 1. The van der Waals surface area contributed by atoms with E-state index in [9.17, 15) is 0 Å². The highest BCUT2D eigenvalue weighted by atomic mass is 79.9. The van der Waals surface area contributed by atoms with Crippen LogP contribution in [0.3, 0.4) is 0 Å². The van der Waals surface area contributed by atoms with E-state index in [1.165, 1.54) is 22.3 Å². The molecule has 0 spiro atoms. The maximum atomic E-state index is 6.36. The lowest BCUT2D eigenvalue weighted by Gasteiger charge is -2.31. The molecule has 3 nitrogen and oxygen atoms in total. The minimum absolute atomic E-state index is 0.0133. The average molecular weight is 409 g/mol. The van der Waals surface area contributed by atoms with Crippen LogP contribution in [0.5, 0.6) is 0 Å². The third-order valence-electron chi connectivity index (χ3n) is 4.91. The summed E-state index contributed by atoms with van der Waals surface area (Å²) in [7, 11) is 0. The van der Waals surface area contributed by atoms with Crippen molar-refractivity contribution in [3.63, 3.8) is 0 Å². The highest BCUT2D eigenvalue weighted by molar-refractivity contribution is 9.08. The lowest BCUT2D eigenvalue weighted by molar-refractivity contribution is -0.0862. The molecule has 0 amide bonds. The van der Waals surface area contributed by atoms with Crippen molar-refractivity contribution in [1.82, 2.24) is 0 Å². The maximum absolute atomic E-state index is 6.36. The summed E-state index contributed by atoms with van der Waals surface area (Å²) in [4.78, 5) is 0. The van der Waals surface area contributed by atoms with E-state index in [0.717, 1.165) is 11.8 Å². The number of hydrogen-bond acceptors (Lipinski definition) is 4. The van der Waals surface area contributed by atoms with Crippen LogP contribution in [-0.2, 0) is 32.8 Å². The second-order valence-electron chi connectivity index (χ2n) is 6.30. The van der Waals surface area contributed by atoms with Gasteiger partial charge in [-0.15, -0.1) is 0 Å². The lowest BCUT2D eigenvalue weighted by Crippen LogP contribution is -2.37. The second kappa shape index (κ2) is 7.26. The Morgan fingerprint density at radius 1 is 1.33 bits per heavy atom. The summed E-state index contributed by atoms with van der Waals surface area (Å²) in [6, 6.07) is 8.55. The molecule has 128 valence electrons. The molecule has 1 saturated heterocycles. The van der Waals surface area contributed by atoms with E-state index in [0.29, 0.717) is 13.2 Å². The lowest BCUT2D eigenvalue weighted by atomic mass is 9.91. The average Bonchev–Trinajstić information content (AvgIpc) is 3.26. The molecule has 0 N–H and O–H groups in total. The number of halogens is 1. The van der Waals surface area contributed by atoms with E-state index in [2.05, 4.69) is 57.9 Å². The summed E-state index contributed by atoms with van der Waals surface area (Å²) < 4.78 is 18.8. The standard InChI is InChI=1S/C19H21BrO3S/c1-2-16-18(21-9-12-6-7-24-11-12)19-17(23-16)14-5-3-4-13(8-20)15(14)10-22-19/h3-7,11,16-19H,2,8-10H2,1H3/t16-,17-,18+,19+/m1/s1. The van der Waals surface area contributed by atoms with E-state index in [4.69, 9.17) is 14.2 Å². The van der Waals surface area contributed by atoms with Gasteiger partial charge in [-0.25, -0.2) is 0 Å². The van der Waals surface area contributed by atoms with E-state index >= 15 is 0 Å². The van der Waals surface area contributed by atoms with Crippen molar-refractivity contribution in [3.8, 4) is 0 Å².